The quantitative estimate of drug-likeness (QED) is 0.176. The Hall–Kier alpha value is -7.89. The second-order valence-corrected chi connectivity index (χ2v) is 14.8. The lowest BCUT2D eigenvalue weighted by atomic mass is 9.99. The highest BCUT2D eigenvalue weighted by Gasteiger charge is 2.20. The lowest BCUT2D eigenvalue weighted by molar-refractivity contribution is 0.670. The molecule has 0 aliphatic carbocycles. The zero-order valence-corrected chi connectivity index (χ0v) is 31.2. The van der Waals surface area contributed by atoms with Gasteiger partial charge in [0.1, 0.15) is 11.2 Å². The summed E-state index contributed by atoms with van der Waals surface area (Å²) in [6, 6.07) is 68.1. The molecular formula is C53H32N4O. The third-order valence-electron chi connectivity index (χ3n) is 11.4. The summed E-state index contributed by atoms with van der Waals surface area (Å²) in [7, 11) is 0. The van der Waals surface area contributed by atoms with Crippen molar-refractivity contribution in [2.45, 2.75) is 0 Å². The largest absolute Gasteiger partial charge is 0.455 e. The third kappa shape index (κ3) is 5.21. The average molecular weight is 741 g/mol. The molecule has 0 fully saturated rings. The zero-order valence-electron chi connectivity index (χ0n) is 31.2. The minimum absolute atomic E-state index is 0.550. The van der Waals surface area contributed by atoms with Crippen molar-refractivity contribution in [2.24, 2.45) is 0 Å². The van der Waals surface area contributed by atoms with Crippen molar-refractivity contribution in [3.05, 3.63) is 194 Å². The highest BCUT2D eigenvalue weighted by atomic mass is 16.3. The maximum Gasteiger partial charge on any atom is 0.167 e. The lowest BCUT2D eigenvalue weighted by Gasteiger charge is -2.11. The van der Waals surface area contributed by atoms with Crippen molar-refractivity contribution < 1.29 is 4.42 Å². The molecular weight excluding hydrogens is 709 g/mol. The van der Waals surface area contributed by atoms with E-state index in [0.717, 1.165) is 71.9 Å². The van der Waals surface area contributed by atoms with Crippen LogP contribution in [0.5, 0.6) is 0 Å². The van der Waals surface area contributed by atoms with Crippen LogP contribution in [0.2, 0.25) is 0 Å². The van der Waals surface area contributed by atoms with E-state index in [2.05, 4.69) is 199 Å². The number of aromatic nitrogens is 4. The van der Waals surface area contributed by atoms with Crippen LogP contribution >= 0.6 is 0 Å². The number of benzene rings is 9. The van der Waals surface area contributed by atoms with Crippen LogP contribution in [0.25, 0.3) is 116 Å². The number of rotatable bonds is 5. The van der Waals surface area contributed by atoms with E-state index in [1.54, 1.807) is 0 Å². The van der Waals surface area contributed by atoms with Crippen molar-refractivity contribution in [1.82, 2.24) is 19.5 Å². The van der Waals surface area contributed by atoms with Gasteiger partial charge in [-0.15, -0.1) is 0 Å². The summed E-state index contributed by atoms with van der Waals surface area (Å²) in [6.45, 7) is 0. The standard InChI is InChI=1S/C53H32N4O/c1-2-18-41(19-3-1)57-47-23-9-8-20-42(47)43-27-26-40(31-48(43)57)52-54-51(39-17-10-16-35(29-39)38-25-24-33-12-4-5-13-34(33)28-38)55-53(56-52)45-22-11-21-44-46-30-36-14-6-7-15-37(36)32-49(46)58-50(44)45/h1-32H. The average Bonchev–Trinajstić information content (AvgIpc) is 3.83. The summed E-state index contributed by atoms with van der Waals surface area (Å²) in [5.74, 6) is 1.72. The Bertz CT molecular complexity index is 3580. The Morgan fingerprint density at radius 3 is 1.79 bits per heavy atom. The monoisotopic (exact) mass is 740 g/mol. The molecule has 0 aliphatic rings. The molecule has 3 heterocycles. The van der Waals surface area contributed by atoms with E-state index in [-0.39, 0.29) is 0 Å². The fourth-order valence-electron chi connectivity index (χ4n) is 8.59. The van der Waals surface area contributed by atoms with Crippen LogP contribution in [0.3, 0.4) is 0 Å². The molecule has 0 radical (unpaired) electrons. The normalized spacial score (nSPS) is 11.8. The van der Waals surface area contributed by atoms with Gasteiger partial charge in [-0.05, 0) is 87.3 Å². The van der Waals surface area contributed by atoms with Gasteiger partial charge in [0.05, 0.1) is 16.6 Å². The molecule has 5 nitrogen and oxygen atoms in total. The highest BCUT2D eigenvalue weighted by molar-refractivity contribution is 6.13. The van der Waals surface area contributed by atoms with Crippen molar-refractivity contribution >= 4 is 65.3 Å². The van der Waals surface area contributed by atoms with Crippen LogP contribution in [0, 0.1) is 0 Å². The van der Waals surface area contributed by atoms with Crippen LogP contribution in [0.1, 0.15) is 0 Å². The predicted molar refractivity (Wildman–Crippen MR) is 238 cm³/mol. The Morgan fingerprint density at radius 2 is 0.948 bits per heavy atom. The lowest BCUT2D eigenvalue weighted by Crippen LogP contribution is -2.01. The Labute approximate surface area is 333 Å². The van der Waals surface area contributed by atoms with Gasteiger partial charge in [-0.3, -0.25) is 0 Å². The molecule has 0 bridgehead atoms. The minimum Gasteiger partial charge on any atom is -0.455 e. The summed E-state index contributed by atoms with van der Waals surface area (Å²) in [4.78, 5) is 15.7. The first kappa shape index (κ1) is 32.4. The molecule has 3 aromatic heterocycles. The number of hydrogen-bond donors (Lipinski definition) is 0. The molecule has 0 saturated heterocycles. The Morgan fingerprint density at radius 1 is 0.345 bits per heavy atom. The van der Waals surface area contributed by atoms with Crippen LogP contribution < -0.4 is 0 Å². The van der Waals surface area contributed by atoms with Gasteiger partial charge < -0.3 is 8.98 Å². The summed E-state index contributed by atoms with van der Waals surface area (Å²) >= 11 is 0. The van der Waals surface area contributed by atoms with Crippen LogP contribution in [-0.4, -0.2) is 19.5 Å². The van der Waals surface area contributed by atoms with Gasteiger partial charge in [0.2, 0.25) is 0 Å². The van der Waals surface area contributed by atoms with Crippen molar-refractivity contribution in [1.29, 1.82) is 0 Å². The molecule has 0 aliphatic heterocycles. The minimum atomic E-state index is 0.550. The predicted octanol–water partition coefficient (Wildman–Crippen LogP) is 13.8. The van der Waals surface area contributed by atoms with E-state index < -0.39 is 0 Å². The molecule has 0 N–H and O–H groups in total. The topological polar surface area (TPSA) is 56.7 Å². The van der Waals surface area contributed by atoms with Gasteiger partial charge >= 0.3 is 0 Å². The highest BCUT2D eigenvalue weighted by Crippen LogP contribution is 2.39. The van der Waals surface area contributed by atoms with E-state index in [1.165, 1.54) is 26.9 Å². The maximum absolute atomic E-state index is 6.70. The van der Waals surface area contributed by atoms with Gasteiger partial charge in [-0.1, -0.05) is 140 Å². The van der Waals surface area contributed by atoms with Gasteiger partial charge in [0, 0.05) is 38.4 Å². The van der Waals surface area contributed by atoms with Gasteiger partial charge in [0.15, 0.2) is 17.5 Å². The number of hydrogen-bond acceptors (Lipinski definition) is 4. The summed E-state index contributed by atoms with van der Waals surface area (Å²) < 4.78 is 9.02. The van der Waals surface area contributed by atoms with Gasteiger partial charge in [0.25, 0.3) is 0 Å². The molecule has 270 valence electrons. The van der Waals surface area contributed by atoms with E-state index >= 15 is 0 Å². The first-order chi connectivity index (χ1) is 28.7. The van der Waals surface area contributed by atoms with Gasteiger partial charge in [-0.25, -0.2) is 15.0 Å². The molecule has 12 aromatic rings. The fourth-order valence-corrected chi connectivity index (χ4v) is 8.59. The molecule has 0 amide bonds. The summed E-state index contributed by atoms with van der Waals surface area (Å²) in [5.41, 5.74) is 9.74. The van der Waals surface area contributed by atoms with E-state index in [1.807, 2.05) is 0 Å². The van der Waals surface area contributed by atoms with Crippen LogP contribution in [-0.2, 0) is 0 Å². The fraction of sp³-hybridized carbons (Fsp3) is 0. The maximum atomic E-state index is 6.70. The zero-order chi connectivity index (χ0) is 38.2. The van der Waals surface area contributed by atoms with E-state index in [0.29, 0.717) is 17.5 Å². The first-order valence-corrected chi connectivity index (χ1v) is 19.5. The molecule has 0 saturated carbocycles. The van der Waals surface area contributed by atoms with Crippen LogP contribution in [0.15, 0.2) is 199 Å². The van der Waals surface area contributed by atoms with E-state index in [9.17, 15) is 0 Å². The van der Waals surface area contributed by atoms with Crippen molar-refractivity contribution in [3.8, 4) is 51.0 Å². The molecule has 5 heteroatoms. The number of nitrogens with zero attached hydrogens (tertiary/aromatic N) is 4. The number of para-hydroxylation sites is 3. The Kier molecular flexibility index (Phi) is 7.16. The van der Waals surface area contributed by atoms with Crippen LogP contribution in [0.4, 0.5) is 0 Å². The SMILES string of the molecule is c1ccc(-n2c3ccccc3c3ccc(-c4nc(-c5cccc(-c6ccc7ccccc7c6)c5)nc(-c5cccc6c5oc5cc7ccccc7cc56)n4)cc32)cc1. The van der Waals surface area contributed by atoms with Gasteiger partial charge in [-0.2, -0.15) is 0 Å². The molecule has 58 heavy (non-hydrogen) atoms. The molecule has 9 aromatic carbocycles. The summed E-state index contributed by atoms with van der Waals surface area (Å²) in [6.07, 6.45) is 0. The number of furan rings is 1. The number of fused-ring (bicyclic) bond motifs is 8. The van der Waals surface area contributed by atoms with E-state index in [4.69, 9.17) is 19.4 Å². The molecule has 0 atom stereocenters. The second-order valence-electron chi connectivity index (χ2n) is 14.8. The van der Waals surface area contributed by atoms with Crippen molar-refractivity contribution in [2.75, 3.05) is 0 Å². The molecule has 12 rings (SSSR count). The third-order valence-corrected chi connectivity index (χ3v) is 11.4. The second kappa shape index (κ2) is 12.8. The Balaban J connectivity index is 1.08. The molecule has 0 spiro atoms. The first-order valence-electron chi connectivity index (χ1n) is 19.5. The smallest absolute Gasteiger partial charge is 0.167 e. The van der Waals surface area contributed by atoms with Crippen molar-refractivity contribution in [3.63, 3.8) is 0 Å². The molecule has 0 unspecified atom stereocenters. The summed E-state index contributed by atoms with van der Waals surface area (Å²) in [5, 5.41) is 9.16.